The van der Waals surface area contributed by atoms with Gasteiger partial charge in [0.25, 0.3) is 0 Å². The lowest BCUT2D eigenvalue weighted by atomic mass is 10.3. The molecule has 2 aromatic rings. The maximum Gasteiger partial charge on any atom is 0.244 e. The van der Waals surface area contributed by atoms with E-state index < -0.39 is 10.0 Å². The van der Waals surface area contributed by atoms with Crippen LogP contribution in [0.5, 0.6) is 0 Å². The van der Waals surface area contributed by atoms with Gasteiger partial charge in [0.1, 0.15) is 10.0 Å². The van der Waals surface area contributed by atoms with Gasteiger partial charge in [-0.1, -0.05) is 18.5 Å². The molecular weight excluding hydrogens is 298 g/mol. The third-order valence-corrected chi connectivity index (χ3v) is 4.93. The van der Waals surface area contributed by atoms with Crippen LogP contribution in [0, 0.1) is 0 Å². The Morgan fingerprint density at radius 1 is 1.20 bits per heavy atom. The lowest BCUT2D eigenvalue weighted by molar-refractivity contribution is 0.423. The molecule has 106 valence electrons. The van der Waals surface area contributed by atoms with E-state index in [-0.39, 0.29) is 10.0 Å². The van der Waals surface area contributed by atoms with Crippen molar-refractivity contribution < 1.29 is 8.42 Å². The molecule has 0 atom stereocenters. The van der Waals surface area contributed by atoms with Crippen molar-refractivity contribution in [3.05, 3.63) is 53.6 Å². The number of hydrogen-bond donors (Lipinski definition) is 0. The predicted molar refractivity (Wildman–Crippen MR) is 76.8 cm³/mol. The average molecular weight is 312 g/mol. The molecule has 0 bridgehead atoms. The van der Waals surface area contributed by atoms with E-state index in [9.17, 15) is 8.42 Å². The third kappa shape index (κ3) is 3.33. The van der Waals surface area contributed by atoms with Crippen molar-refractivity contribution in [3.8, 4) is 0 Å². The van der Waals surface area contributed by atoms with Crippen LogP contribution >= 0.6 is 11.6 Å². The van der Waals surface area contributed by atoms with Crippen molar-refractivity contribution in [1.82, 2.24) is 14.3 Å². The lowest BCUT2D eigenvalue weighted by Gasteiger charge is -2.20. The summed E-state index contributed by atoms with van der Waals surface area (Å²) in [6.07, 6.45) is 4.55. The molecule has 0 unspecified atom stereocenters. The molecule has 0 aliphatic carbocycles. The van der Waals surface area contributed by atoms with Gasteiger partial charge in [-0.3, -0.25) is 4.98 Å². The number of hydrogen-bond acceptors (Lipinski definition) is 4. The fraction of sp³-hybridized carbons (Fsp3) is 0.231. The van der Waals surface area contributed by atoms with Gasteiger partial charge in [-0.2, -0.15) is 4.31 Å². The largest absolute Gasteiger partial charge is 0.265 e. The van der Waals surface area contributed by atoms with Crippen LogP contribution in [0.1, 0.15) is 12.5 Å². The predicted octanol–water partition coefficient (Wildman–Crippen LogP) is 2.34. The average Bonchev–Trinajstić information content (AvgIpc) is 2.46. The molecule has 2 aromatic heterocycles. The van der Waals surface area contributed by atoms with Crippen molar-refractivity contribution in [2.24, 2.45) is 0 Å². The summed E-state index contributed by atoms with van der Waals surface area (Å²) < 4.78 is 26.4. The Hall–Kier alpha value is -1.50. The maximum atomic E-state index is 12.5. The monoisotopic (exact) mass is 311 g/mol. The van der Waals surface area contributed by atoms with Crippen LogP contribution in [0.4, 0.5) is 0 Å². The second-order valence-electron chi connectivity index (χ2n) is 4.10. The highest BCUT2D eigenvalue weighted by Crippen LogP contribution is 2.18. The van der Waals surface area contributed by atoms with Crippen LogP contribution in [-0.4, -0.2) is 29.2 Å². The van der Waals surface area contributed by atoms with E-state index in [1.807, 2.05) is 0 Å². The molecular formula is C13H14ClN3O2S. The van der Waals surface area contributed by atoms with Gasteiger partial charge in [0.15, 0.2) is 0 Å². The van der Waals surface area contributed by atoms with E-state index in [4.69, 9.17) is 11.6 Å². The topological polar surface area (TPSA) is 63.2 Å². The number of nitrogens with zero attached hydrogens (tertiary/aromatic N) is 3. The van der Waals surface area contributed by atoms with E-state index in [1.54, 1.807) is 31.5 Å². The first-order valence-corrected chi connectivity index (χ1v) is 7.86. The molecule has 0 saturated heterocycles. The molecule has 0 aromatic carbocycles. The first kappa shape index (κ1) is 14.9. The molecule has 0 fully saturated rings. The van der Waals surface area contributed by atoms with E-state index in [1.165, 1.54) is 22.6 Å². The van der Waals surface area contributed by atoms with Gasteiger partial charge in [0.2, 0.25) is 10.0 Å². The van der Waals surface area contributed by atoms with Crippen molar-refractivity contribution in [1.29, 1.82) is 0 Å². The van der Waals surface area contributed by atoms with Crippen molar-refractivity contribution in [2.45, 2.75) is 18.4 Å². The SMILES string of the molecule is CCN(Cc1ccncc1)S(=O)(=O)c1ccc(Cl)nc1. The molecule has 0 spiro atoms. The summed E-state index contributed by atoms with van der Waals surface area (Å²) >= 11 is 5.68. The van der Waals surface area contributed by atoms with Gasteiger partial charge in [0, 0.05) is 31.7 Å². The highest BCUT2D eigenvalue weighted by atomic mass is 35.5. The Morgan fingerprint density at radius 3 is 2.45 bits per heavy atom. The van der Waals surface area contributed by atoms with Crippen molar-refractivity contribution in [3.63, 3.8) is 0 Å². The minimum Gasteiger partial charge on any atom is -0.265 e. The molecule has 0 aliphatic heterocycles. The zero-order chi connectivity index (χ0) is 14.6. The third-order valence-electron chi connectivity index (χ3n) is 2.80. The van der Waals surface area contributed by atoms with Gasteiger partial charge in [-0.05, 0) is 29.8 Å². The maximum absolute atomic E-state index is 12.5. The summed E-state index contributed by atoms with van der Waals surface area (Å²) in [6, 6.07) is 6.51. The standard InChI is InChI=1S/C13H14ClN3O2S/c1-2-17(10-11-5-7-15-8-6-11)20(18,19)12-3-4-13(14)16-9-12/h3-9H,2,10H2,1H3. The number of sulfonamides is 1. The fourth-order valence-electron chi connectivity index (χ4n) is 1.72. The number of aromatic nitrogens is 2. The smallest absolute Gasteiger partial charge is 0.244 e. The Morgan fingerprint density at radius 2 is 1.90 bits per heavy atom. The highest BCUT2D eigenvalue weighted by molar-refractivity contribution is 7.89. The molecule has 0 saturated carbocycles. The normalized spacial score (nSPS) is 11.8. The Balaban J connectivity index is 2.28. The summed E-state index contributed by atoms with van der Waals surface area (Å²) in [7, 11) is -3.57. The molecule has 0 aliphatic rings. The van der Waals surface area contributed by atoms with E-state index in [2.05, 4.69) is 9.97 Å². The first-order valence-electron chi connectivity index (χ1n) is 6.04. The summed E-state index contributed by atoms with van der Waals surface area (Å²) in [6.45, 7) is 2.46. The van der Waals surface area contributed by atoms with E-state index >= 15 is 0 Å². The van der Waals surface area contributed by atoms with Gasteiger partial charge in [-0.25, -0.2) is 13.4 Å². The quantitative estimate of drug-likeness (QED) is 0.795. The van der Waals surface area contributed by atoms with Crippen LogP contribution in [0.25, 0.3) is 0 Å². The van der Waals surface area contributed by atoms with Crippen LogP contribution in [0.15, 0.2) is 47.8 Å². The minimum absolute atomic E-state index is 0.137. The first-order chi connectivity index (χ1) is 9.54. The van der Waals surface area contributed by atoms with Gasteiger partial charge in [-0.15, -0.1) is 0 Å². The fourth-order valence-corrected chi connectivity index (χ4v) is 3.22. The second kappa shape index (κ2) is 6.30. The summed E-state index contributed by atoms with van der Waals surface area (Å²) in [4.78, 5) is 7.87. The summed E-state index contributed by atoms with van der Waals surface area (Å²) in [5.41, 5.74) is 0.882. The van der Waals surface area contributed by atoms with Crippen LogP contribution in [0.2, 0.25) is 5.15 Å². The molecule has 5 nitrogen and oxygen atoms in total. The van der Waals surface area contributed by atoms with Crippen LogP contribution in [0.3, 0.4) is 0 Å². The molecule has 2 rings (SSSR count). The Bertz CT molecular complexity index is 660. The van der Waals surface area contributed by atoms with Crippen molar-refractivity contribution in [2.75, 3.05) is 6.54 Å². The number of pyridine rings is 2. The van der Waals surface area contributed by atoms with E-state index in [0.717, 1.165) is 5.56 Å². The van der Waals surface area contributed by atoms with Gasteiger partial charge in [0.05, 0.1) is 0 Å². The number of halogens is 1. The Labute approximate surface area is 123 Å². The summed E-state index contributed by atoms with van der Waals surface area (Å²) in [5, 5.41) is 0.265. The van der Waals surface area contributed by atoms with Crippen LogP contribution < -0.4 is 0 Å². The molecule has 0 radical (unpaired) electrons. The second-order valence-corrected chi connectivity index (χ2v) is 6.43. The summed E-state index contributed by atoms with van der Waals surface area (Å²) in [5.74, 6) is 0. The minimum atomic E-state index is -3.57. The van der Waals surface area contributed by atoms with E-state index in [0.29, 0.717) is 13.1 Å². The van der Waals surface area contributed by atoms with Gasteiger partial charge >= 0.3 is 0 Å². The zero-order valence-electron chi connectivity index (χ0n) is 10.9. The Kier molecular flexibility index (Phi) is 4.69. The molecule has 20 heavy (non-hydrogen) atoms. The van der Waals surface area contributed by atoms with Crippen LogP contribution in [-0.2, 0) is 16.6 Å². The van der Waals surface area contributed by atoms with Gasteiger partial charge < -0.3 is 0 Å². The number of rotatable bonds is 5. The molecule has 0 N–H and O–H groups in total. The molecule has 0 amide bonds. The molecule has 2 heterocycles. The van der Waals surface area contributed by atoms with Crippen molar-refractivity contribution >= 4 is 21.6 Å². The highest BCUT2D eigenvalue weighted by Gasteiger charge is 2.23. The zero-order valence-corrected chi connectivity index (χ0v) is 12.5. The molecule has 7 heteroatoms. The lowest BCUT2D eigenvalue weighted by Crippen LogP contribution is -2.30.